The van der Waals surface area contributed by atoms with Crippen molar-refractivity contribution in [2.75, 3.05) is 19.6 Å². The average molecular weight is 326 g/mol. The third-order valence-electron chi connectivity index (χ3n) is 5.35. The van der Waals surface area contributed by atoms with Gasteiger partial charge in [0.25, 0.3) is 0 Å². The van der Waals surface area contributed by atoms with E-state index in [9.17, 15) is 10.1 Å². The molecule has 0 bridgehead atoms. The fraction of sp³-hybridized carbons (Fsp3) is 0.632. The molecule has 0 radical (unpaired) electrons. The number of hydrogen-bond acceptors (Lipinski definition) is 4. The van der Waals surface area contributed by atoms with Gasteiger partial charge in [-0.2, -0.15) is 5.26 Å². The maximum Gasteiger partial charge on any atom is 0.235 e. The first-order chi connectivity index (χ1) is 11.7. The summed E-state index contributed by atoms with van der Waals surface area (Å²) >= 11 is 0. The van der Waals surface area contributed by atoms with Crippen LogP contribution in [0.1, 0.15) is 56.4 Å². The molecule has 24 heavy (non-hydrogen) atoms. The zero-order chi connectivity index (χ0) is 16.8. The molecule has 2 aliphatic rings. The molecular formula is C19H26N4O. The number of aromatic nitrogens is 1. The van der Waals surface area contributed by atoms with Crippen molar-refractivity contribution in [3.63, 3.8) is 0 Å². The number of hydrogen-bond donors (Lipinski definition) is 1. The van der Waals surface area contributed by atoms with Crippen molar-refractivity contribution in [3.05, 3.63) is 30.1 Å². The van der Waals surface area contributed by atoms with Crippen LogP contribution in [-0.2, 0) is 4.79 Å². The maximum absolute atomic E-state index is 12.5. The number of piperidine rings is 1. The Bertz CT molecular complexity index is 589. The molecule has 1 amide bonds. The van der Waals surface area contributed by atoms with Crippen molar-refractivity contribution >= 4 is 5.91 Å². The lowest BCUT2D eigenvalue weighted by atomic mass is 9.83. The van der Waals surface area contributed by atoms with Crippen LogP contribution in [-0.4, -0.2) is 41.0 Å². The number of carbonyl (C=O) groups excluding carboxylic acids is 1. The topological polar surface area (TPSA) is 69.0 Å². The predicted octanol–water partition coefficient (Wildman–Crippen LogP) is 2.60. The van der Waals surface area contributed by atoms with E-state index < -0.39 is 5.54 Å². The van der Waals surface area contributed by atoms with Gasteiger partial charge in [0.15, 0.2) is 0 Å². The van der Waals surface area contributed by atoms with Gasteiger partial charge in [0.1, 0.15) is 5.54 Å². The lowest BCUT2D eigenvalue weighted by molar-refractivity contribution is -0.124. The van der Waals surface area contributed by atoms with Gasteiger partial charge in [-0.1, -0.05) is 19.3 Å². The second-order valence-corrected chi connectivity index (χ2v) is 7.16. The monoisotopic (exact) mass is 326 g/mol. The van der Waals surface area contributed by atoms with Crippen molar-refractivity contribution in [1.82, 2.24) is 15.2 Å². The standard InChI is InChI=1S/C19H26N4O/c20-15-19(8-2-1-3-9-19)22-18(24)14-23-12-4-5-17(13-23)16-6-10-21-11-7-16/h6-7,10-11,17H,1-5,8-9,12-14H2,(H,22,24)/t17-/m1/s1. The molecule has 3 rings (SSSR count). The molecule has 2 fully saturated rings. The largest absolute Gasteiger partial charge is 0.337 e. The number of nitrogens with zero attached hydrogens (tertiary/aromatic N) is 3. The molecule has 1 saturated heterocycles. The van der Waals surface area contributed by atoms with Crippen molar-refractivity contribution < 1.29 is 4.79 Å². The first-order valence-corrected chi connectivity index (χ1v) is 9.05. The lowest BCUT2D eigenvalue weighted by Gasteiger charge is -2.35. The first-order valence-electron chi connectivity index (χ1n) is 9.05. The lowest BCUT2D eigenvalue weighted by Crippen LogP contribution is -2.52. The van der Waals surface area contributed by atoms with E-state index in [0.717, 1.165) is 51.6 Å². The molecule has 2 heterocycles. The Balaban J connectivity index is 1.55. The summed E-state index contributed by atoms with van der Waals surface area (Å²) in [5.41, 5.74) is 0.672. The van der Waals surface area contributed by atoms with Gasteiger partial charge < -0.3 is 5.32 Å². The van der Waals surface area contributed by atoms with E-state index in [1.54, 1.807) is 0 Å². The van der Waals surface area contributed by atoms with E-state index in [0.29, 0.717) is 12.5 Å². The van der Waals surface area contributed by atoms with Crippen molar-refractivity contribution in [1.29, 1.82) is 5.26 Å². The van der Waals surface area contributed by atoms with Crippen LogP contribution in [0.5, 0.6) is 0 Å². The number of carbonyl (C=O) groups is 1. The van der Waals surface area contributed by atoms with Crippen LogP contribution >= 0.6 is 0 Å². The van der Waals surface area contributed by atoms with Gasteiger partial charge in [-0.15, -0.1) is 0 Å². The van der Waals surface area contributed by atoms with Gasteiger partial charge in [0.05, 0.1) is 12.6 Å². The van der Waals surface area contributed by atoms with Gasteiger partial charge in [-0.05, 0) is 55.8 Å². The molecule has 1 aliphatic carbocycles. The molecule has 128 valence electrons. The molecule has 1 atom stereocenters. The van der Waals surface area contributed by atoms with Crippen LogP contribution < -0.4 is 5.32 Å². The molecule has 1 saturated carbocycles. The van der Waals surface area contributed by atoms with Gasteiger partial charge in [0.2, 0.25) is 5.91 Å². The quantitative estimate of drug-likeness (QED) is 0.923. The predicted molar refractivity (Wildman–Crippen MR) is 92.2 cm³/mol. The van der Waals surface area contributed by atoms with Gasteiger partial charge >= 0.3 is 0 Å². The zero-order valence-electron chi connectivity index (χ0n) is 14.2. The van der Waals surface area contributed by atoms with Crippen molar-refractivity contribution in [2.45, 2.75) is 56.4 Å². The van der Waals surface area contributed by atoms with Crippen LogP contribution in [0.2, 0.25) is 0 Å². The fourth-order valence-electron chi connectivity index (χ4n) is 4.04. The third kappa shape index (κ3) is 4.12. The Kier molecular flexibility index (Phi) is 5.47. The smallest absolute Gasteiger partial charge is 0.235 e. The molecule has 1 aromatic rings. The second-order valence-electron chi connectivity index (χ2n) is 7.16. The Labute approximate surface area is 144 Å². The highest BCUT2D eigenvalue weighted by molar-refractivity contribution is 5.79. The highest BCUT2D eigenvalue weighted by Crippen LogP contribution is 2.28. The second kappa shape index (κ2) is 7.76. The number of amides is 1. The minimum Gasteiger partial charge on any atom is -0.337 e. The van der Waals surface area contributed by atoms with E-state index >= 15 is 0 Å². The molecule has 1 aliphatic heterocycles. The highest BCUT2D eigenvalue weighted by atomic mass is 16.2. The molecule has 5 heteroatoms. The summed E-state index contributed by atoms with van der Waals surface area (Å²) in [6.07, 6.45) is 10.7. The summed E-state index contributed by atoms with van der Waals surface area (Å²) in [7, 11) is 0. The molecule has 0 aromatic carbocycles. The maximum atomic E-state index is 12.5. The summed E-state index contributed by atoms with van der Waals surface area (Å²) in [4.78, 5) is 18.8. The van der Waals surface area contributed by atoms with E-state index in [1.165, 1.54) is 12.0 Å². The molecule has 0 unspecified atom stereocenters. The normalized spacial score (nSPS) is 24.0. The van der Waals surface area contributed by atoms with E-state index in [2.05, 4.69) is 33.4 Å². The summed E-state index contributed by atoms with van der Waals surface area (Å²) in [5, 5.41) is 12.5. The summed E-state index contributed by atoms with van der Waals surface area (Å²) in [5.74, 6) is 0.461. The Hall–Kier alpha value is -1.93. The van der Waals surface area contributed by atoms with Crippen LogP contribution in [0.4, 0.5) is 0 Å². The Morgan fingerprint density at radius 2 is 2.04 bits per heavy atom. The van der Waals surface area contributed by atoms with Crippen molar-refractivity contribution in [2.24, 2.45) is 0 Å². The van der Waals surface area contributed by atoms with Crippen LogP contribution in [0.3, 0.4) is 0 Å². The van der Waals surface area contributed by atoms with Crippen LogP contribution in [0, 0.1) is 11.3 Å². The molecule has 1 aromatic heterocycles. The van der Waals surface area contributed by atoms with E-state index in [4.69, 9.17) is 0 Å². The number of nitriles is 1. The van der Waals surface area contributed by atoms with Crippen LogP contribution in [0.15, 0.2) is 24.5 Å². The Morgan fingerprint density at radius 1 is 1.29 bits per heavy atom. The number of rotatable bonds is 4. The van der Waals surface area contributed by atoms with Crippen LogP contribution in [0.25, 0.3) is 0 Å². The SMILES string of the molecule is N#CC1(NC(=O)CN2CCC[C@@H](c3ccncc3)C2)CCCCC1. The van der Waals surface area contributed by atoms with Crippen molar-refractivity contribution in [3.8, 4) is 6.07 Å². The van der Waals surface area contributed by atoms with Gasteiger partial charge in [-0.25, -0.2) is 0 Å². The van der Waals surface area contributed by atoms with E-state index in [1.807, 2.05) is 12.4 Å². The minimum absolute atomic E-state index is 0.00571. The number of likely N-dealkylation sites (tertiary alicyclic amines) is 1. The van der Waals surface area contributed by atoms with Gasteiger partial charge in [0, 0.05) is 18.9 Å². The number of nitrogens with one attached hydrogen (secondary N) is 1. The summed E-state index contributed by atoms with van der Waals surface area (Å²) in [6.45, 7) is 2.25. The molecular weight excluding hydrogens is 300 g/mol. The average Bonchev–Trinajstić information content (AvgIpc) is 2.63. The minimum atomic E-state index is -0.629. The highest BCUT2D eigenvalue weighted by Gasteiger charge is 2.34. The number of pyridine rings is 1. The third-order valence-corrected chi connectivity index (χ3v) is 5.35. The molecule has 5 nitrogen and oxygen atoms in total. The molecule has 1 N–H and O–H groups in total. The first kappa shape index (κ1) is 16.9. The summed E-state index contributed by atoms with van der Waals surface area (Å²) < 4.78 is 0. The van der Waals surface area contributed by atoms with Gasteiger partial charge in [-0.3, -0.25) is 14.7 Å². The zero-order valence-corrected chi connectivity index (χ0v) is 14.2. The van der Waals surface area contributed by atoms with E-state index in [-0.39, 0.29) is 5.91 Å². The molecule has 0 spiro atoms. The Morgan fingerprint density at radius 3 is 2.75 bits per heavy atom. The summed E-state index contributed by atoms with van der Waals surface area (Å²) in [6, 6.07) is 6.50. The fourth-order valence-corrected chi connectivity index (χ4v) is 4.04.